The van der Waals surface area contributed by atoms with Crippen molar-refractivity contribution in [3.05, 3.63) is 69.3 Å². The highest BCUT2D eigenvalue weighted by atomic mass is 16.6. The van der Waals surface area contributed by atoms with Gasteiger partial charge in [-0.2, -0.15) is 0 Å². The minimum atomic E-state index is -1.38. The molecular formula is C18H16N2O5. The molecule has 1 heterocycles. The number of nitro benzene ring substituents is 1. The number of carbonyl (C=O) groups is 2. The number of nitrogens with one attached hydrogen (secondary N) is 1. The molecule has 1 atom stereocenters. The van der Waals surface area contributed by atoms with Crippen LogP contribution < -0.4 is 5.32 Å². The molecule has 1 aliphatic heterocycles. The SMILES string of the molecule is Cc1ccc(NC(=O)C2(C)Cc3ccccc3C(=O)O2)cc1[N+](=O)[O-]. The molecule has 7 nitrogen and oxygen atoms in total. The summed E-state index contributed by atoms with van der Waals surface area (Å²) < 4.78 is 5.35. The van der Waals surface area contributed by atoms with E-state index in [4.69, 9.17) is 4.74 Å². The van der Waals surface area contributed by atoms with Crippen LogP contribution in [0.25, 0.3) is 0 Å². The number of hydrogen-bond acceptors (Lipinski definition) is 5. The van der Waals surface area contributed by atoms with E-state index < -0.39 is 22.4 Å². The van der Waals surface area contributed by atoms with E-state index in [9.17, 15) is 19.7 Å². The van der Waals surface area contributed by atoms with Crippen LogP contribution in [-0.4, -0.2) is 22.4 Å². The number of nitrogens with zero attached hydrogens (tertiary/aromatic N) is 1. The van der Waals surface area contributed by atoms with Crippen molar-refractivity contribution in [2.24, 2.45) is 0 Å². The van der Waals surface area contributed by atoms with E-state index in [1.54, 1.807) is 43.3 Å². The molecule has 3 rings (SSSR count). The number of fused-ring (bicyclic) bond motifs is 1. The third kappa shape index (κ3) is 3.08. The second kappa shape index (κ2) is 6.01. The Labute approximate surface area is 143 Å². The van der Waals surface area contributed by atoms with Crippen molar-refractivity contribution < 1.29 is 19.2 Å². The highest BCUT2D eigenvalue weighted by molar-refractivity contribution is 6.02. The zero-order valence-corrected chi connectivity index (χ0v) is 13.7. The fraction of sp³-hybridized carbons (Fsp3) is 0.222. The number of rotatable bonds is 3. The lowest BCUT2D eigenvalue weighted by Crippen LogP contribution is -2.48. The summed E-state index contributed by atoms with van der Waals surface area (Å²) in [5, 5.41) is 13.6. The molecule has 0 saturated heterocycles. The van der Waals surface area contributed by atoms with Gasteiger partial charge in [-0.15, -0.1) is 0 Å². The fourth-order valence-corrected chi connectivity index (χ4v) is 2.81. The first-order chi connectivity index (χ1) is 11.8. The van der Waals surface area contributed by atoms with Crippen molar-refractivity contribution in [3.63, 3.8) is 0 Å². The van der Waals surface area contributed by atoms with Crippen LogP contribution in [0.5, 0.6) is 0 Å². The van der Waals surface area contributed by atoms with Crippen LogP contribution in [0.4, 0.5) is 11.4 Å². The molecule has 1 amide bonds. The van der Waals surface area contributed by atoms with Gasteiger partial charge in [0.15, 0.2) is 5.60 Å². The van der Waals surface area contributed by atoms with E-state index in [2.05, 4.69) is 5.32 Å². The Morgan fingerprint density at radius 3 is 2.72 bits per heavy atom. The predicted molar refractivity (Wildman–Crippen MR) is 90.4 cm³/mol. The number of nitro groups is 1. The van der Waals surface area contributed by atoms with E-state index in [1.165, 1.54) is 13.0 Å². The molecule has 128 valence electrons. The average molecular weight is 340 g/mol. The van der Waals surface area contributed by atoms with Crippen molar-refractivity contribution in [3.8, 4) is 0 Å². The Hall–Kier alpha value is -3.22. The number of esters is 1. The van der Waals surface area contributed by atoms with Crippen LogP contribution in [0.2, 0.25) is 0 Å². The average Bonchev–Trinajstić information content (AvgIpc) is 2.56. The Bertz CT molecular complexity index is 893. The molecule has 0 radical (unpaired) electrons. The molecule has 0 aliphatic carbocycles. The molecule has 0 saturated carbocycles. The maximum Gasteiger partial charge on any atom is 0.339 e. The molecule has 7 heteroatoms. The van der Waals surface area contributed by atoms with E-state index in [0.29, 0.717) is 11.1 Å². The quantitative estimate of drug-likeness (QED) is 0.526. The van der Waals surface area contributed by atoms with Crippen LogP contribution in [0.15, 0.2) is 42.5 Å². The first-order valence-corrected chi connectivity index (χ1v) is 7.68. The summed E-state index contributed by atoms with van der Waals surface area (Å²) in [6.07, 6.45) is 0.231. The minimum Gasteiger partial charge on any atom is -0.445 e. The topological polar surface area (TPSA) is 98.5 Å². The maximum atomic E-state index is 12.7. The summed E-state index contributed by atoms with van der Waals surface area (Å²) in [4.78, 5) is 35.3. The molecule has 0 aromatic heterocycles. The highest BCUT2D eigenvalue weighted by Crippen LogP contribution is 2.30. The van der Waals surface area contributed by atoms with Crippen LogP contribution >= 0.6 is 0 Å². The summed E-state index contributed by atoms with van der Waals surface area (Å²) >= 11 is 0. The smallest absolute Gasteiger partial charge is 0.339 e. The number of benzene rings is 2. The van der Waals surface area contributed by atoms with Gasteiger partial charge in [0, 0.05) is 23.7 Å². The molecule has 0 spiro atoms. The third-order valence-corrected chi connectivity index (χ3v) is 4.23. The zero-order chi connectivity index (χ0) is 18.2. The van der Waals surface area contributed by atoms with E-state index >= 15 is 0 Å². The van der Waals surface area contributed by atoms with Gasteiger partial charge in [-0.1, -0.05) is 24.3 Å². The van der Waals surface area contributed by atoms with Crippen molar-refractivity contribution in [1.29, 1.82) is 0 Å². The number of hydrogen-bond donors (Lipinski definition) is 1. The van der Waals surface area contributed by atoms with Crippen molar-refractivity contribution in [2.75, 3.05) is 5.32 Å². The van der Waals surface area contributed by atoms with Crippen molar-refractivity contribution in [1.82, 2.24) is 0 Å². The lowest BCUT2D eigenvalue weighted by atomic mass is 9.89. The van der Waals surface area contributed by atoms with Gasteiger partial charge < -0.3 is 10.1 Å². The molecule has 1 unspecified atom stereocenters. The van der Waals surface area contributed by atoms with Crippen molar-refractivity contribution in [2.45, 2.75) is 25.9 Å². The molecule has 25 heavy (non-hydrogen) atoms. The largest absolute Gasteiger partial charge is 0.445 e. The Morgan fingerprint density at radius 2 is 2.00 bits per heavy atom. The van der Waals surface area contributed by atoms with Crippen LogP contribution in [0.1, 0.15) is 28.4 Å². The number of carbonyl (C=O) groups excluding carboxylic acids is 2. The molecule has 0 fully saturated rings. The Balaban J connectivity index is 1.86. The fourth-order valence-electron chi connectivity index (χ4n) is 2.81. The molecule has 1 aliphatic rings. The van der Waals surface area contributed by atoms with Crippen LogP contribution in [-0.2, 0) is 16.0 Å². The first kappa shape index (κ1) is 16.6. The van der Waals surface area contributed by atoms with E-state index in [-0.39, 0.29) is 17.8 Å². The van der Waals surface area contributed by atoms with Gasteiger partial charge in [0.1, 0.15) is 0 Å². The van der Waals surface area contributed by atoms with Gasteiger partial charge in [-0.05, 0) is 31.5 Å². The minimum absolute atomic E-state index is 0.0889. The second-order valence-corrected chi connectivity index (χ2v) is 6.17. The second-order valence-electron chi connectivity index (χ2n) is 6.17. The maximum absolute atomic E-state index is 12.7. The Morgan fingerprint density at radius 1 is 1.28 bits per heavy atom. The summed E-state index contributed by atoms with van der Waals surface area (Å²) in [5.41, 5.74) is 0.468. The molecular weight excluding hydrogens is 324 g/mol. The van der Waals surface area contributed by atoms with Gasteiger partial charge in [0.25, 0.3) is 11.6 Å². The van der Waals surface area contributed by atoms with Crippen LogP contribution in [0, 0.1) is 17.0 Å². The van der Waals surface area contributed by atoms with Gasteiger partial charge in [-0.3, -0.25) is 14.9 Å². The summed E-state index contributed by atoms with van der Waals surface area (Å²) in [6.45, 7) is 3.14. The van der Waals surface area contributed by atoms with Gasteiger partial charge >= 0.3 is 5.97 Å². The lowest BCUT2D eigenvalue weighted by molar-refractivity contribution is -0.385. The zero-order valence-electron chi connectivity index (χ0n) is 13.7. The molecule has 2 aromatic rings. The number of cyclic esters (lactones) is 1. The van der Waals surface area contributed by atoms with E-state index in [0.717, 1.165) is 5.56 Å². The van der Waals surface area contributed by atoms with Gasteiger partial charge in [-0.25, -0.2) is 4.79 Å². The number of amides is 1. The first-order valence-electron chi connectivity index (χ1n) is 7.68. The number of aryl methyl sites for hydroxylation is 1. The monoisotopic (exact) mass is 340 g/mol. The third-order valence-electron chi connectivity index (χ3n) is 4.23. The molecule has 0 bridgehead atoms. The Kier molecular flexibility index (Phi) is 4.00. The number of anilines is 1. The molecule has 1 N–H and O–H groups in total. The van der Waals surface area contributed by atoms with Gasteiger partial charge in [0.2, 0.25) is 0 Å². The summed E-state index contributed by atoms with van der Waals surface area (Å²) in [5.74, 6) is -1.09. The highest BCUT2D eigenvalue weighted by Gasteiger charge is 2.42. The number of ether oxygens (including phenoxy) is 1. The normalized spacial score (nSPS) is 18.9. The van der Waals surface area contributed by atoms with Gasteiger partial charge in [0.05, 0.1) is 10.5 Å². The summed E-state index contributed by atoms with van der Waals surface area (Å²) in [6, 6.07) is 11.4. The predicted octanol–water partition coefficient (Wildman–Crippen LogP) is 3.01. The van der Waals surface area contributed by atoms with Crippen molar-refractivity contribution >= 4 is 23.3 Å². The van der Waals surface area contributed by atoms with Crippen LogP contribution in [0.3, 0.4) is 0 Å². The standard InChI is InChI=1S/C18H16N2O5/c1-11-7-8-13(9-15(11)20(23)24)19-17(22)18(2)10-12-5-3-4-6-14(12)16(21)25-18/h3-9H,10H2,1-2H3,(H,19,22). The lowest BCUT2D eigenvalue weighted by Gasteiger charge is -2.33. The molecule has 2 aromatic carbocycles. The van der Waals surface area contributed by atoms with E-state index in [1.807, 2.05) is 0 Å². The summed E-state index contributed by atoms with van der Waals surface area (Å²) in [7, 11) is 0.